The molecule has 2 bridgehead atoms. The van der Waals surface area contributed by atoms with Crippen LogP contribution < -0.4 is 4.74 Å². The van der Waals surface area contributed by atoms with E-state index in [2.05, 4.69) is 9.97 Å². The van der Waals surface area contributed by atoms with Crippen LogP contribution in [0.25, 0.3) is 0 Å². The maximum atomic E-state index is 13.2. The van der Waals surface area contributed by atoms with Gasteiger partial charge in [0.1, 0.15) is 18.0 Å². The van der Waals surface area contributed by atoms with Crippen LogP contribution in [0.5, 0.6) is 5.88 Å². The normalized spacial score (nSPS) is 31.8. The van der Waals surface area contributed by atoms with Crippen molar-refractivity contribution in [3.63, 3.8) is 0 Å². The zero-order chi connectivity index (χ0) is 20.2. The molecule has 2 aliphatic carbocycles. The van der Waals surface area contributed by atoms with Crippen molar-refractivity contribution >= 4 is 15.8 Å². The second-order valence-corrected chi connectivity index (χ2v) is 10.6. The van der Waals surface area contributed by atoms with Crippen molar-refractivity contribution in [1.29, 1.82) is 5.26 Å². The first-order chi connectivity index (χ1) is 13.2. The minimum atomic E-state index is -3.60. The third-order valence-corrected chi connectivity index (χ3v) is 9.09. The molecule has 28 heavy (non-hydrogen) atoms. The standard InChI is InChI=1S/C19H24N4O4S/c1-18(2)13-3-5-19(18,16(24)9-13)12-28(25,26)23-8-4-14(11-23)27-17-15(10-20)21-6-7-22-17/h6-7,13-14H,3-5,8-9,11-12H2,1-2H3. The average molecular weight is 404 g/mol. The van der Waals surface area contributed by atoms with E-state index in [1.165, 1.54) is 16.7 Å². The summed E-state index contributed by atoms with van der Waals surface area (Å²) < 4.78 is 33.5. The Balaban J connectivity index is 1.48. The molecule has 3 unspecified atom stereocenters. The summed E-state index contributed by atoms with van der Waals surface area (Å²) in [6.07, 6.45) is 5.03. The van der Waals surface area contributed by atoms with Crippen LogP contribution >= 0.6 is 0 Å². The molecule has 2 heterocycles. The SMILES string of the molecule is CC1(C)C2CCC1(CS(=O)(=O)N1CCC(Oc3nccnc3C#N)C1)C(=O)C2. The maximum Gasteiger partial charge on any atom is 0.251 e. The van der Waals surface area contributed by atoms with E-state index in [-0.39, 0.29) is 47.1 Å². The van der Waals surface area contributed by atoms with E-state index in [9.17, 15) is 13.2 Å². The number of carbonyl (C=O) groups excluding carboxylic acids is 1. The number of ether oxygens (including phenoxy) is 1. The molecule has 0 N–H and O–H groups in total. The molecule has 2 saturated carbocycles. The number of ketones is 1. The quantitative estimate of drug-likeness (QED) is 0.731. The molecule has 1 aromatic rings. The highest BCUT2D eigenvalue weighted by Crippen LogP contribution is 2.64. The topological polar surface area (TPSA) is 113 Å². The van der Waals surface area contributed by atoms with Gasteiger partial charge in [-0.15, -0.1) is 0 Å². The molecule has 0 aromatic carbocycles. The van der Waals surface area contributed by atoms with E-state index in [0.29, 0.717) is 25.8 Å². The smallest absolute Gasteiger partial charge is 0.251 e. The Morgan fingerprint density at radius 1 is 1.32 bits per heavy atom. The average Bonchev–Trinajstić information content (AvgIpc) is 3.26. The molecule has 8 nitrogen and oxygen atoms in total. The van der Waals surface area contributed by atoms with E-state index < -0.39 is 15.4 Å². The van der Waals surface area contributed by atoms with Gasteiger partial charge >= 0.3 is 0 Å². The van der Waals surface area contributed by atoms with E-state index in [1.807, 2.05) is 19.9 Å². The number of nitriles is 1. The van der Waals surface area contributed by atoms with E-state index in [1.54, 1.807) is 0 Å². The lowest BCUT2D eigenvalue weighted by molar-refractivity contribution is -0.128. The van der Waals surface area contributed by atoms with Crippen molar-refractivity contribution in [2.75, 3.05) is 18.8 Å². The van der Waals surface area contributed by atoms with Gasteiger partial charge in [0.25, 0.3) is 5.88 Å². The molecule has 0 spiro atoms. The Morgan fingerprint density at radius 3 is 2.71 bits per heavy atom. The lowest BCUT2D eigenvalue weighted by Crippen LogP contribution is -2.46. The fourth-order valence-electron chi connectivity index (χ4n) is 5.20. The molecule has 0 amide bonds. The first-order valence-corrected chi connectivity index (χ1v) is 11.2. The summed E-state index contributed by atoms with van der Waals surface area (Å²) in [7, 11) is -3.60. The number of hydrogen-bond donors (Lipinski definition) is 0. The van der Waals surface area contributed by atoms with Gasteiger partial charge in [-0.3, -0.25) is 4.79 Å². The van der Waals surface area contributed by atoms with E-state index in [0.717, 1.165) is 6.42 Å². The van der Waals surface area contributed by atoms with Crippen molar-refractivity contribution in [2.45, 2.75) is 45.6 Å². The largest absolute Gasteiger partial charge is 0.471 e. The number of Topliss-reactive ketones (excluding diaryl/α,β-unsaturated/α-hetero) is 1. The second-order valence-electron chi connectivity index (χ2n) is 8.63. The van der Waals surface area contributed by atoms with Crippen LogP contribution in [0.15, 0.2) is 12.4 Å². The summed E-state index contributed by atoms with van der Waals surface area (Å²) in [5.41, 5.74) is -0.972. The monoisotopic (exact) mass is 404 g/mol. The number of sulfonamides is 1. The highest BCUT2D eigenvalue weighted by molar-refractivity contribution is 7.89. The minimum Gasteiger partial charge on any atom is -0.471 e. The van der Waals surface area contributed by atoms with Gasteiger partial charge in [0.15, 0.2) is 0 Å². The molecule has 1 aliphatic heterocycles. The molecule has 4 rings (SSSR count). The molecule has 150 valence electrons. The third kappa shape index (κ3) is 2.81. The van der Waals surface area contributed by atoms with Crippen molar-refractivity contribution in [3.8, 4) is 11.9 Å². The molecular weight excluding hydrogens is 380 g/mol. The predicted molar refractivity (Wildman–Crippen MR) is 99.7 cm³/mol. The Hall–Kier alpha value is -2.05. The van der Waals surface area contributed by atoms with Gasteiger partial charge in [-0.2, -0.15) is 9.57 Å². The van der Waals surface area contributed by atoms with Crippen LogP contribution in [0.1, 0.15) is 45.2 Å². The highest BCUT2D eigenvalue weighted by Gasteiger charge is 2.65. The van der Waals surface area contributed by atoms with Gasteiger partial charge in [0.05, 0.1) is 12.3 Å². The van der Waals surface area contributed by atoms with E-state index >= 15 is 0 Å². The number of carbonyl (C=O) groups is 1. The van der Waals surface area contributed by atoms with Crippen molar-refractivity contribution in [1.82, 2.24) is 14.3 Å². The summed E-state index contributed by atoms with van der Waals surface area (Å²) in [6.45, 7) is 4.61. The van der Waals surface area contributed by atoms with Gasteiger partial charge in [0.2, 0.25) is 15.7 Å². The van der Waals surface area contributed by atoms with E-state index in [4.69, 9.17) is 10.00 Å². The van der Waals surface area contributed by atoms with Gasteiger partial charge in [-0.1, -0.05) is 13.8 Å². The number of fused-ring (bicyclic) bond motifs is 2. The van der Waals surface area contributed by atoms with Crippen LogP contribution in [-0.4, -0.2) is 53.4 Å². The van der Waals surface area contributed by atoms with Crippen molar-refractivity contribution in [3.05, 3.63) is 18.1 Å². The van der Waals surface area contributed by atoms with Crippen LogP contribution in [0.3, 0.4) is 0 Å². The molecular formula is C19H24N4O4S. The number of nitrogens with zero attached hydrogens (tertiary/aromatic N) is 4. The number of rotatable bonds is 5. The van der Waals surface area contributed by atoms with Gasteiger partial charge in [-0.25, -0.2) is 18.4 Å². The summed E-state index contributed by atoms with van der Waals surface area (Å²) in [5.74, 6) is 0.385. The molecule has 1 aromatic heterocycles. The summed E-state index contributed by atoms with van der Waals surface area (Å²) in [6, 6.07) is 1.92. The third-order valence-electron chi connectivity index (χ3n) is 7.12. The fourth-order valence-corrected chi connectivity index (χ4v) is 7.46. The van der Waals surface area contributed by atoms with Crippen LogP contribution in [0, 0.1) is 28.1 Å². The Labute approximate surface area is 165 Å². The maximum absolute atomic E-state index is 13.2. The Kier molecular flexibility index (Phi) is 4.47. The molecule has 9 heteroatoms. The zero-order valence-corrected chi connectivity index (χ0v) is 16.9. The number of hydrogen-bond acceptors (Lipinski definition) is 7. The zero-order valence-electron chi connectivity index (χ0n) is 16.1. The summed E-state index contributed by atoms with van der Waals surface area (Å²) in [4.78, 5) is 20.6. The van der Waals surface area contributed by atoms with Gasteiger partial charge in [0, 0.05) is 30.8 Å². The molecule has 3 atom stereocenters. The fraction of sp³-hybridized carbons (Fsp3) is 0.684. The van der Waals surface area contributed by atoms with Crippen molar-refractivity contribution < 1.29 is 17.9 Å². The second kappa shape index (κ2) is 6.49. The molecule has 1 saturated heterocycles. The van der Waals surface area contributed by atoms with Gasteiger partial charge < -0.3 is 4.74 Å². The molecule has 0 radical (unpaired) electrons. The first kappa shape index (κ1) is 19.3. The van der Waals surface area contributed by atoms with Crippen molar-refractivity contribution in [2.24, 2.45) is 16.7 Å². The minimum absolute atomic E-state index is 0.0815. The van der Waals surface area contributed by atoms with Gasteiger partial charge in [-0.05, 0) is 30.6 Å². The predicted octanol–water partition coefficient (Wildman–Crippen LogP) is 1.53. The van der Waals surface area contributed by atoms with Crippen LogP contribution in [-0.2, 0) is 14.8 Å². The Bertz CT molecular complexity index is 955. The Morgan fingerprint density at radius 2 is 2.07 bits per heavy atom. The highest BCUT2D eigenvalue weighted by atomic mass is 32.2. The molecule has 3 aliphatic rings. The number of aromatic nitrogens is 2. The summed E-state index contributed by atoms with van der Waals surface area (Å²) in [5, 5.41) is 9.10. The lowest BCUT2D eigenvalue weighted by atomic mass is 9.70. The van der Waals surface area contributed by atoms with Crippen LogP contribution in [0.4, 0.5) is 0 Å². The summed E-state index contributed by atoms with van der Waals surface area (Å²) >= 11 is 0. The van der Waals surface area contributed by atoms with Crippen LogP contribution in [0.2, 0.25) is 0 Å². The first-order valence-electron chi connectivity index (χ1n) is 9.58. The lowest BCUT2D eigenvalue weighted by Gasteiger charge is -2.37. The molecule has 3 fully saturated rings.